The molecule has 2 N–H and O–H groups in total. The van der Waals surface area contributed by atoms with Crippen LogP contribution in [0, 0.1) is 0 Å². The van der Waals surface area contributed by atoms with Crippen molar-refractivity contribution in [3.63, 3.8) is 0 Å². The monoisotopic (exact) mass is 293 g/mol. The number of nitrogens with one attached hydrogen (secondary N) is 1. The van der Waals surface area contributed by atoms with Crippen LogP contribution in [-0.2, 0) is 20.9 Å². The first-order valence-corrected chi connectivity index (χ1v) is 6.38. The molecule has 21 heavy (non-hydrogen) atoms. The van der Waals surface area contributed by atoms with Crippen molar-refractivity contribution < 1.29 is 24.3 Å². The Hall–Kier alpha value is -2.64. The molecule has 0 saturated carbocycles. The van der Waals surface area contributed by atoms with E-state index >= 15 is 0 Å². The maximum Gasteiger partial charge on any atom is 0.352 e. The van der Waals surface area contributed by atoms with Crippen LogP contribution in [0.25, 0.3) is 0 Å². The lowest BCUT2D eigenvalue weighted by molar-refractivity contribution is -0.149. The molecule has 0 aromatic carbocycles. The summed E-state index contributed by atoms with van der Waals surface area (Å²) < 4.78 is 1.28. The van der Waals surface area contributed by atoms with Crippen LogP contribution in [0.2, 0.25) is 0 Å². The molecule has 1 aliphatic rings. The van der Waals surface area contributed by atoms with E-state index in [1.807, 2.05) is 0 Å². The number of nitrogens with zero attached hydrogens (tertiary/aromatic N) is 2. The third-order valence-electron chi connectivity index (χ3n) is 3.35. The Morgan fingerprint density at radius 3 is 2.81 bits per heavy atom. The number of hydrogen-bond donors (Lipinski definition) is 2. The van der Waals surface area contributed by atoms with Gasteiger partial charge in [-0.1, -0.05) is 0 Å². The number of piperidine rings is 1. The molecule has 2 rings (SSSR count). The lowest BCUT2D eigenvalue weighted by Crippen LogP contribution is -2.53. The van der Waals surface area contributed by atoms with Crippen molar-refractivity contribution in [1.82, 2.24) is 14.8 Å². The van der Waals surface area contributed by atoms with Crippen molar-refractivity contribution in [3.8, 4) is 0 Å². The van der Waals surface area contributed by atoms with Crippen LogP contribution >= 0.6 is 0 Å². The quantitative estimate of drug-likeness (QED) is 0.724. The number of aromatic nitrogens is 1. The number of amides is 3. The van der Waals surface area contributed by atoms with Gasteiger partial charge < -0.3 is 15.0 Å². The maximum atomic E-state index is 11.9. The number of carbonyl (C=O) groups is 4. The molecule has 1 aromatic heterocycles. The molecule has 8 heteroatoms. The molecular formula is C13H15N3O5. The van der Waals surface area contributed by atoms with Crippen LogP contribution in [0.5, 0.6) is 0 Å². The molecule has 1 atom stereocenters. The zero-order valence-corrected chi connectivity index (χ0v) is 11.4. The standard InChI is InChI=1S/C13H15N3O5/c1-15-11(18)5-4-8(12(15)19)14-10(17)7-16-6-2-3-9(16)13(20)21/h2-3,6,8H,4-5,7H2,1H3,(H,14,17)(H,20,21). The molecule has 0 bridgehead atoms. The van der Waals surface area contributed by atoms with E-state index in [2.05, 4.69) is 5.32 Å². The SMILES string of the molecule is CN1C(=O)CCC(NC(=O)Cn2cccc2C(=O)O)C1=O. The molecular weight excluding hydrogens is 278 g/mol. The van der Waals surface area contributed by atoms with Gasteiger partial charge in [-0.25, -0.2) is 4.79 Å². The fourth-order valence-corrected chi connectivity index (χ4v) is 2.19. The highest BCUT2D eigenvalue weighted by Gasteiger charge is 2.32. The van der Waals surface area contributed by atoms with E-state index in [0.717, 1.165) is 4.90 Å². The van der Waals surface area contributed by atoms with Gasteiger partial charge in [0.25, 0.3) is 5.91 Å². The fourth-order valence-electron chi connectivity index (χ4n) is 2.19. The van der Waals surface area contributed by atoms with Gasteiger partial charge in [0.05, 0.1) is 0 Å². The second kappa shape index (κ2) is 5.78. The summed E-state index contributed by atoms with van der Waals surface area (Å²) in [7, 11) is 1.37. The molecule has 8 nitrogen and oxygen atoms in total. The minimum atomic E-state index is -1.13. The van der Waals surface area contributed by atoms with Crippen molar-refractivity contribution >= 4 is 23.7 Å². The van der Waals surface area contributed by atoms with Gasteiger partial charge in [-0.2, -0.15) is 0 Å². The third-order valence-corrected chi connectivity index (χ3v) is 3.35. The van der Waals surface area contributed by atoms with Crippen LogP contribution in [0.4, 0.5) is 0 Å². The van der Waals surface area contributed by atoms with Gasteiger partial charge in [0.15, 0.2) is 0 Å². The number of carbonyl (C=O) groups excluding carboxylic acids is 3. The van der Waals surface area contributed by atoms with Gasteiger partial charge in [0, 0.05) is 19.7 Å². The summed E-state index contributed by atoms with van der Waals surface area (Å²) >= 11 is 0. The van der Waals surface area contributed by atoms with Crippen molar-refractivity contribution in [2.24, 2.45) is 0 Å². The summed E-state index contributed by atoms with van der Waals surface area (Å²) in [6, 6.07) is 2.16. The Bertz CT molecular complexity index is 607. The number of likely N-dealkylation sites (N-methyl/N-ethyl adjacent to an activating group) is 1. The fraction of sp³-hybridized carbons (Fsp3) is 0.385. The van der Waals surface area contributed by atoms with E-state index in [0.29, 0.717) is 0 Å². The van der Waals surface area contributed by atoms with E-state index in [1.54, 1.807) is 0 Å². The minimum absolute atomic E-state index is 0.00702. The molecule has 112 valence electrons. The summed E-state index contributed by atoms with van der Waals surface area (Å²) in [5.74, 6) is -2.34. The highest BCUT2D eigenvalue weighted by Crippen LogP contribution is 2.11. The number of likely N-dealkylation sites (tertiary alicyclic amines) is 1. The number of hydrogen-bond acceptors (Lipinski definition) is 4. The number of aromatic carboxylic acids is 1. The van der Waals surface area contributed by atoms with Crippen LogP contribution in [0.15, 0.2) is 18.3 Å². The molecule has 1 aromatic rings. The second-order valence-corrected chi connectivity index (χ2v) is 4.78. The first kappa shape index (κ1) is 14.8. The van der Waals surface area contributed by atoms with Crippen molar-refractivity contribution in [3.05, 3.63) is 24.0 Å². The Morgan fingerprint density at radius 1 is 1.43 bits per heavy atom. The van der Waals surface area contributed by atoms with E-state index in [-0.39, 0.29) is 31.0 Å². The Balaban J connectivity index is 1.99. The highest BCUT2D eigenvalue weighted by molar-refractivity contribution is 6.01. The highest BCUT2D eigenvalue weighted by atomic mass is 16.4. The van der Waals surface area contributed by atoms with E-state index < -0.39 is 23.8 Å². The largest absolute Gasteiger partial charge is 0.477 e. The number of rotatable bonds is 4. The number of carboxylic acid groups (broad SMARTS) is 1. The zero-order chi connectivity index (χ0) is 15.6. The lowest BCUT2D eigenvalue weighted by Gasteiger charge is -2.28. The summed E-state index contributed by atoms with van der Waals surface area (Å²) in [4.78, 5) is 47.0. The topological polar surface area (TPSA) is 109 Å². The normalized spacial score (nSPS) is 18.7. The van der Waals surface area contributed by atoms with Gasteiger partial charge in [0.1, 0.15) is 18.3 Å². The van der Waals surface area contributed by atoms with E-state index in [9.17, 15) is 19.2 Å². The molecule has 1 aliphatic heterocycles. The summed E-state index contributed by atoms with van der Waals surface area (Å²) in [5, 5.41) is 11.5. The smallest absolute Gasteiger partial charge is 0.352 e. The summed E-state index contributed by atoms with van der Waals surface area (Å²) in [6.07, 6.45) is 1.92. The van der Waals surface area contributed by atoms with Crippen LogP contribution < -0.4 is 5.32 Å². The van der Waals surface area contributed by atoms with Gasteiger partial charge in [-0.15, -0.1) is 0 Å². The predicted molar refractivity (Wildman–Crippen MR) is 70.3 cm³/mol. The number of imide groups is 1. The van der Waals surface area contributed by atoms with Gasteiger partial charge in [-0.05, 0) is 18.6 Å². The molecule has 1 fully saturated rings. The first-order chi connectivity index (χ1) is 9.90. The van der Waals surface area contributed by atoms with E-state index in [4.69, 9.17) is 5.11 Å². The lowest BCUT2D eigenvalue weighted by atomic mass is 10.0. The third kappa shape index (κ3) is 3.10. The van der Waals surface area contributed by atoms with Crippen molar-refractivity contribution in [1.29, 1.82) is 0 Å². The van der Waals surface area contributed by atoms with Crippen LogP contribution in [0.3, 0.4) is 0 Å². The molecule has 3 amide bonds. The van der Waals surface area contributed by atoms with Crippen molar-refractivity contribution in [2.75, 3.05) is 7.05 Å². The average Bonchev–Trinajstić information content (AvgIpc) is 2.88. The predicted octanol–water partition coefficient (Wildman–Crippen LogP) is -0.550. The van der Waals surface area contributed by atoms with Crippen LogP contribution in [0.1, 0.15) is 23.3 Å². The van der Waals surface area contributed by atoms with Gasteiger partial charge >= 0.3 is 5.97 Å². The maximum absolute atomic E-state index is 11.9. The molecule has 0 aliphatic carbocycles. The molecule has 1 unspecified atom stereocenters. The summed E-state index contributed by atoms with van der Waals surface area (Å²) in [6.45, 7) is -0.198. The van der Waals surface area contributed by atoms with Crippen LogP contribution in [-0.4, -0.2) is 51.4 Å². The first-order valence-electron chi connectivity index (χ1n) is 6.38. The Labute approximate surface area is 120 Å². The Morgan fingerprint density at radius 2 is 2.14 bits per heavy atom. The second-order valence-electron chi connectivity index (χ2n) is 4.78. The molecule has 1 saturated heterocycles. The Kier molecular flexibility index (Phi) is 4.06. The van der Waals surface area contributed by atoms with Gasteiger partial charge in [0.2, 0.25) is 11.8 Å². The number of carboxylic acids is 1. The minimum Gasteiger partial charge on any atom is -0.477 e. The summed E-state index contributed by atoms with van der Waals surface area (Å²) in [5.41, 5.74) is -0.00702. The van der Waals surface area contributed by atoms with E-state index in [1.165, 1.54) is 29.9 Å². The molecule has 0 spiro atoms. The zero-order valence-electron chi connectivity index (χ0n) is 11.4. The average molecular weight is 293 g/mol. The molecule has 2 heterocycles. The molecule has 0 radical (unpaired) electrons. The van der Waals surface area contributed by atoms with Crippen molar-refractivity contribution in [2.45, 2.75) is 25.4 Å². The van der Waals surface area contributed by atoms with Gasteiger partial charge in [-0.3, -0.25) is 19.3 Å².